The summed E-state index contributed by atoms with van der Waals surface area (Å²) < 4.78 is 5.30. The molecule has 3 rings (SSSR count). The van der Waals surface area contributed by atoms with E-state index in [-0.39, 0.29) is 11.8 Å². The van der Waals surface area contributed by atoms with Gasteiger partial charge in [-0.3, -0.25) is 9.78 Å². The topological polar surface area (TPSA) is 51.2 Å². The summed E-state index contributed by atoms with van der Waals surface area (Å²) in [5.41, 5.74) is 2.76. The van der Waals surface area contributed by atoms with Gasteiger partial charge in [0.05, 0.1) is 5.69 Å². The second-order valence-electron chi connectivity index (χ2n) is 5.59. The second kappa shape index (κ2) is 7.70. The third-order valence-electron chi connectivity index (χ3n) is 3.88. The fourth-order valence-electron chi connectivity index (χ4n) is 2.58. The number of nitrogens with zero attached hydrogens (tertiary/aromatic N) is 1. The first-order valence-electron chi connectivity index (χ1n) is 7.89. The van der Waals surface area contributed by atoms with Gasteiger partial charge in [-0.1, -0.05) is 24.3 Å². The first kappa shape index (κ1) is 15.4. The molecule has 0 radical (unpaired) electrons. The van der Waals surface area contributed by atoms with Crippen molar-refractivity contribution >= 4 is 23.7 Å². The van der Waals surface area contributed by atoms with Crippen molar-refractivity contribution in [1.29, 1.82) is 0 Å². The summed E-state index contributed by atoms with van der Waals surface area (Å²) in [4.78, 5) is 16.5. The van der Waals surface area contributed by atoms with Gasteiger partial charge in [0.1, 0.15) is 0 Å². The van der Waals surface area contributed by atoms with Gasteiger partial charge in [-0.05, 0) is 48.7 Å². The smallest absolute Gasteiger partial charge is 0.227 e. The highest BCUT2D eigenvalue weighted by Gasteiger charge is 2.21. The fraction of sp³-hybridized carbons (Fsp3) is 0.263. The molecule has 0 atom stereocenters. The molecule has 1 amide bonds. The molecule has 1 aromatic carbocycles. The average Bonchev–Trinajstić information content (AvgIpc) is 2.62. The molecule has 1 aromatic heterocycles. The Labute approximate surface area is 136 Å². The molecule has 0 saturated carbocycles. The van der Waals surface area contributed by atoms with Gasteiger partial charge in [-0.2, -0.15) is 0 Å². The Bertz CT molecular complexity index is 677. The summed E-state index contributed by atoms with van der Waals surface area (Å²) in [6, 6.07) is 13.6. The molecule has 0 spiro atoms. The number of carbonyl (C=O) groups is 1. The van der Waals surface area contributed by atoms with E-state index in [1.165, 1.54) is 0 Å². The molecule has 1 fully saturated rings. The summed E-state index contributed by atoms with van der Waals surface area (Å²) in [5, 5.41) is 3.01. The van der Waals surface area contributed by atoms with E-state index in [4.69, 9.17) is 4.74 Å². The lowest BCUT2D eigenvalue weighted by molar-refractivity contribution is -0.122. The van der Waals surface area contributed by atoms with E-state index in [1.54, 1.807) is 6.20 Å². The number of carbonyl (C=O) groups excluding carboxylic acids is 1. The van der Waals surface area contributed by atoms with Gasteiger partial charge in [-0.15, -0.1) is 0 Å². The molecule has 23 heavy (non-hydrogen) atoms. The molecule has 1 N–H and O–H groups in total. The molecule has 0 unspecified atom stereocenters. The molecule has 4 nitrogen and oxygen atoms in total. The Kier molecular flexibility index (Phi) is 5.17. The maximum Gasteiger partial charge on any atom is 0.227 e. The van der Waals surface area contributed by atoms with Gasteiger partial charge in [0, 0.05) is 31.0 Å². The van der Waals surface area contributed by atoms with Crippen LogP contribution in [0.1, 0.15) is 24.1 Å². The van der Waals surface area contributed by atoms with Crippen LogP contribution in [0.4, 0.5) is 5.69 Å². The van der Waals surface area contributed by atoms with E-state index in [0.717, 1.165) is 29.8 Å². The highest BCUT2D eigenvalue weighted by atomic mass is 16.5. The molecule has 0 aliphatic carbocycles. The highest BCUT2D eigenvalue weighted by molar-refractivity contribution is 5.93. The lowest BCUT2D eigenvalue weighted by atomic mass is 9.99. The number of hydrogen-bond donors (Lipinski definition) is 1. The number of rotatable bonds is 4. The van der Waals surface area contributed by atoms with Crippen molar-refractivity contribution in [3.05, 3.63) is 59.9 Å². The van der Waals surface area contributed by atoms with Crippen LogP contribution in [0.25, 0.3) is 12.2 Å². The zero-order valence-corrected chi connectivity index (χ0v) is 12.9. The Morgan fingerprint density at radius 1 is 1.13 bits per heavy atom. The third kappa shape index (κ3) is 4.50. The van der Waals surface area contributed by atoms with Crippen molar-refractivity contribution in [1.82, 2.24) is 4.98 Å². The molecule has 1 aliphatic heterocycles. The van der Waals surface area contributed by atoms with E-state index in [2.05, 4.69) is 10.3 Å². The van der Waals surface area contributed by atoms with Crippen LogP contribution >= 0.6 is 0 Å². The first-order valence-corrected chi connectivity index (χ1v) is 7.89. The van der Waals surface area contributed by atoms with E-state index in [0.29, 0.717) is 13.2 Å². The zero-order valence-electron chi connectivity index (χ0n) is 12.9. The number of hydrogen-bond acceptors (Lipinski definition) is 3. The maximum absolute atomic E-state index is 12.3. The number of aromatic nitrogens is 1. The van der Waals surface area contributed by atoms with E-state index in [1.807, 2.05) is 54.6 Å². The number of anilines is 1. The Morgan fingerprint density at radius 2 is 2.00 bits per heavy atom. The van der Waals surface area contributed by atoms with Gasteiger partial charge >= 0.3 is 0 Å². The van der Waals surface area contributed by atoms with Crippen LogP contribution < -0.4 is 5.32 Å². The molecular formula is C19H20N2O2. The Balaban J connectivity index is 1.65. The summed E-state index contributed by atoms with van der Waals surface area (Å²) in [7, 11) is 0. The Hall–Kier alpha value is -2.46. The van der Waals surface area contributed by atoms with E-state index < -0.39 is 0 Å². The molecule has 2 heterocycles. The number of nitrogens with one attached hydrogen (secondary N) is 1. The molecule has 1 aliphatic rings. The van der Waals surface area contributed by atoms with Gasteiger partial charge in [0.25, 0.3) is 0 Å². The lowest BCUT2D eigenvalue weighted by Gasteiger charge is -2.21. The monoisotopic (exact) mass is 308 g/mol. The van der Waals surface area contributed by atoms with Crippen molar-refractivity contribution in [3.63, 3.8) is 0 Å². The van der Waals surface area contributed by atoms with Crippen LogP contribution in [0.15, 0.2) is 48.7 Å². The molecule has 2 aromatic rings. The van der Waals surface area contributed by atoms with Crippen molar-refractivity contribution in [3.8, 4) is 0 Å². The standard InChI is InChI=1S/C19H20N2O2/c22-19(16-9-12-23-13-10-16)21-18-6-3-4-15(14-18)7-8-17-5-1-2-11-20-17/h1-8,11,14,16H,9-10,12-13H2,(H,21,22). The van der Waals surface area contributed by atoms with Gasteiger partial charge in [0.2, 0.25) is 5.91 Å². The van der Waals surface area contributed by atoms with Crippen molar-refractivity contribution < 1.29 is 9.53 Å². The Morgan fingerprint density at radius 3 is 2.78 bits per heavy atom. The van der Waals surface area contributed by atoms with Crippen LogP contribution in [0.3, 0.4) is 0 Å². The minimum Gasteiger partial charge on any atom is -0.381 e. The van der Waals surface area contributed by atoms with Gasteiger partial charge in [0.15, 0.2) is 0 Å². The fourth-order valence-corrected chi connectivity index (χ4v) is 2.58. The predicted molar refractivity (Wildman–Crippen MR) is 91.8 cm³/mol. The molecular weight excluding hydrogens is 288 g/mol. The van der Waals surface area contributed by atoms with Crippen LogP contribution in [-0.4, -0.2) is 24.1 Å². The van der Waals surface area contributed by atoms with Gasteiger partial charge in [-0.25, -0.2) is 0 Å². The second-order valence-corrected chi connectivity index (χ2v) is 5.59. The zero-order chi connectivity index (χ0) is 15.9. The minimum atomic E-state index is 0.0523. The number of pyridine rings is 1. The third-order valence-corrected chi connectivity index (χ3v) is 3.88. The van der Waals surface area contributed by atoms with Crippen LogP contribution in [0.2, 0.25) is 0 Å². The average molecular weight is 308 g/mol. The SMILES string of the molecule is O=C(Nc1cccc(C=Cc2ccccn2)c1)C1CCOCC1. The normalized spacial score (nSPS) is 15.7. The minimum absolute atomic E-state index is 0.0523. The summed E-state index contributed by atoms with van der Waals surface area (Å²) in [5.74, 6) is 0.135. The number of benzene rings is 1. The number of amides is 1. The first-order chi connectivity index (χ1) is 11.3. The summed E-state index contributed by atoms with van der Waals surface area (Å²) in [6.45, 7) is 1.34. The molecule has 1 saturated heterocycles. The molecule has 4 heteroatoms. The van der Waals surface area contributed by atoms with Crippen molar-refractivity contribution in [2.75, 3.05) is 18.5 Å². The van der Waals surface area contributed by atoms with Crippen LogP contribution in [0, 0.1) is 5.92 Å². The maximum atomic E-state index is 12.3. The van der Waals surface area contributed by atoms with Gasteiger partial charge < -0.3 is 10.1 Å². The van der Waals surface area contributed by atoms with Crippen LogP contribution in [-0.2, 0) is 9.53 Å². The molecule has 118 valence electrons. The van der Waals surface area contributed by atoms with E-state index >= 15 is 0 Å². The summed E-state index contributed by atoms with van der Waals surface area (Å²) in [6.07, 6.45) is 7.31. The molecule has 0 bridgehead atoms. The largest absolute Gasteiger partial charge is 0.381 e. The van der Waals surface area contributed by atoms with Crippen LogP contribution in [0.5, 0.6) is 0 Å². The number of ether oxygens (including phenoxy) is 1. The van der Waals surface area contributed by atoms with E-state index in [9.17, 15) is 4.79 Å². The summed E-state index contributed by atoms with van der Waals surface area (Å²) >= 11 is 0. The highest BCUT2D eigenvalue weighted by Crippen LogP contribution is 2.19. The van der Waals surface area contributed by atoms with Crippen molar-refractivity contribution in [2.24, 2.45) is 5.92 Å². The predicted octanol–water partition coefficient (Wildman–Crippen LogP) is 3.62. The van der Waals surface area contributed by atoms with Crippen molar-refractivity contribution in [2.45, 2.75) is 12.8 Å². The quantitative estimate of drug-likeness (QED) is 0.938. The lowest BCUT2D eigenvalue weighted by Crippen LogP contribution is -2.28.